The van der Waals surface area contributed by atoms with E-state index in [0.717, 1.165) is 11.1 Å². The Morgan fingerprint density at radius 3 is 2.19 bits per heavy atom. The van der Waals surface area contributed by atoms with Gasteiger partial charge in [0.25, 0.3) is 0 Å². The number of rotatable bonds is 3. The molecule has 1 aromatic rings. The standard InChI is InChI=1S/C16H16O5/c1-19-12-9-8-10-6-4-5-7-11(10)13(12)14(15(17)20-2)16(18)21-3/h4-7,9H,8H2,1-3H3. The fourth-order valence-corrected chi connectivity index (χ4v) is 2.31. The number of carbonyl (C=O) groups excluding carboxylic acids is 2. The molecule has 0 radical (unpaired) electrons. The van der Waals surface area contributed by atoms with E-state index in [-0.39, 0.29) is 5.57 Å². The van der Waals surface area contributed by atoms with Gasteiger partial charge in [0.15, 0.2) is 5.57 Å². The first-order chi connectivity index (χ1) is 10.1. The van der Waals surface area contributed by atoms with Gasteiger partial charge in [0.1, 0.15) is 5.76 Å². The van der Waals surface area contributed by atoms with Crippen molar-refractivity contribution in [2.24, 2.45) is 0 Å². The lowest BCUT2D eigenvalue weighted by Crippen LogP contribution is -2.20. The number of hydrogen-bond acceptors (Lipinski definition) is 5. The molecule has 0 spiro atoms. The number of carbonyl (C=O) groups is 2. The highest BCUT2D eigenvalue weighted by Crippen LogP contribution is 2.35. The second kappa shape index (κ2) is 6.26. The van der Waals surface area contributed by atoms with E-state index in [1.54, 1.807) is 0 Å². The smallest absolute Gasteiger partial charge is 0.346 e. The molecule has 0 unspecified atom stereocenters. The van der Waals surface area contributed by atoms with Crippen LogP contribution in [0.3, 0.4) is 0 Å². The van der Waals surface area contributed by atoms with Gasteiger partial charge in [-0.3, -0.25) is 0 Å². The Bertz CT molecular complexity index is 622. The first-order valence-corrected chi connectivity index (χ1v) is 6.37. The van der Waals surface area contributed by atoms with Gasteiger partial charge in [0, 0.05) is 5.57 Å². The normalized spacial score (nSPS) is 12.9. The fraction of sp³-hybridized carbons (Fsp3) is 0.250. The van der Waals surface area contributed by atoms with Crippen LogP contribution in [-0.4, -0.2) is 33.3 Å². The predicted octanol–water partition coefficient (Wildman–Crippen LogP) is 1.87. The van der Waals surface area contributed by atoms with E-state index >= 15 is 0 Å². The summed E-state index contributed by atoms with van der Waals surface area (Å²) >= 11 is 0. The minimum atomic E-state index is -0.753. The number of benzene rings is 1. The van der Waals surface area contributed by atoms with Gasteiger partial charge in [-0.15, -0.1) is 0 Å². The van der Waals surface area contributed by atoms with Crippen LogP contribution in [0, 0.1) is 0 Å². The molecule has 0 aliphatic heterocycles. The predicted molar refractivity (Wildman–Crippen MR) is 76.2 cm³/mol. The van der Waals surface area contributed by atoms with Crippen LogP contribution in [0.4, 0.5) is 0 Å². The van der Waals surface area contributed by atoms with E-state index in [1.165, 1.54) is 21.3 Å². The van der Waals surface area contributed by atoms with E-state index in [0.29, 0.717) is 17.8 Å². The summed E-state index contributed by atoms with van der Waals surface area (Å²) < 4.78 is 14.8. The zero-order valence-corrected chi connectivity index (χ0v) is 12.1. The molecular formula is C16H16O5. The minimum absolute atomic E-state index is 0.166. The minimum Gasteiger partial charge on any atom is -0.496 e. The summed E-state index contributed by atoms with van der Waals surface area (Å²) in [5.74, 6) is -1.05. The Kier molecular flexibility index (Phi) is 4.42. The molecule has 5 nitrogen and oxygen atoms in total. The summed E-state index contributed by atoms with van der Waals surface area (Å²) in [6.45, 7) is 0. The van der Waals surface area contributed by atoms with Crippen molar-refractivity contribution >= 4 is 17.5 Å². The molecule has 0 atom stereocenters. The van der Waals surface area contributed by atoms with Crippen molar-refractivity contribution in [3.63, 3.8) is 0 Å². The number of fused-ring (bicyclic) bond motifs is 1. The number of allylic oxidation sites excluding steroid dienone is 2. The van der Waals surface area contributed by atoms with Gasteiger partial charge in [-0.2, -0.15) is 0 Å². The number of hydrogen-bond donors (Lipinski definition) is 0. The van der Waals surface area contributed by atoms with Crippen molar-refractivity contribution < 1.29 is 23.8 Å². The van der Waals surface area contributed by atoms with E-state index in [4.69, 9.17) is 14.2 Å². The maximum Gasteiger partial charge on any atom is 0.346 e. The van der Waals surface area contributed by atoms with E-state index in [9.17, 15) is 9.59 Å². The molecule has 0 saturated heterocycles. The average molecular weight is 288 g/mol. The molecule has 0 aromatic heterocycles. The molecule has 21 heavy (non-hydrogen) atoms. The Hall–Kier alpha value is -2.56. The van der Waals surface area contributed by atoms with Crippen molar-refractivity contribution in [3.8, 4) is 0 Å². The van der Waals surface area contributed by atoms with Crippen LogP contribution in [0.5, 0.6) is 0 Å². The highest BCUT2D eigenvalue weighted by Gasteiger charge is 2.30. The average Bonchev–Trinajstić information content (AvgIpc) is 2.54. The van der Waals surface area contributed by atoms with Crippen LogP contribution in [0.1, 0.15) is 11.1 Å². The monoisotopic (exact) mass is 288 g/mol. The molecule has 0 N–H and O–H groups in total. The van der Waals surface area contributed by atoms with E-state index in [2.05, 4.69) is 0 Å². The van der Waals surface area contributed by atoms with E-state index < -0.39 is 11.9 Å². The third-order valence-electron chi connectivity index (χ3n) is 3.29. The first-order valence-electron chi connectivity index (χ1n) is 6.37. The molecule has 0 saturated carbocycles. The largest absolute Gasteiger partial charge is 0.496 e. The molecule has 0 bridgehead atoms. The summed E-state index contributed by atoms with van der Waals surface area (Å²) in [5, 5.41) is 0. The topological polar surface area (TPSA) is 61.8 Å². The second-order valence-electron chi connectivity index (χ2n) is 4.37. The van der Waals surface area contributed by atoms with Gasteiger partial charge in [-0.05, 0) is 23.6 Å². The Morgan fingerprint density at radius 2 is 1.62 bits per heavy atom. The SMILES string of the molecule is COC(=O)C(C(=O)OC)=C1C(OC)=CCc2ccccc21. The number of ether oxygens (including phenoxy) is 3. The van der Waals surface area contributed by atoms with Gasteiger partial charge in [-0.1, -0.05) is 24.3 Å². The second-order valence-corrected chi connectivity index (χ2v) is 4.37. The molecule has 0 amide bonds. The third kappa shape index (κ3) is 2.67. The lowest BCUT2D eigenvalue weighted by atomic mass is 9.88. The molecule has 110 valence electrons. The maximum atomic E-state index is 12.0. The molecule has 1 aliphatic rings. The Balaban J connectivity index is 2.76. The van der Waals surface area contributed by atoms with Crippen molar-refractivity contribution in [1.29, 1.82) is 0 Å². The molecule has 1 aliphatic carbocycles. The lowest BCUT2D eigenvalue weighted by Gasteiger charge is -2.21. The number of methoxy groups -OCH3 is 3. The van der Waals surface area contributed by atoms with Crippen LogP contribution >= 0.6 is 0 Å². The van der Waals surface area contributed by atoms with Crippen LogP contribution in [0.25, 0.3) is 5.57 Å². The van der Waals surface area contributed by atoms with Gasteiger partial charge >= 0.3 is 11.9 Å². The van der Waals surface area contributed by atoms with Crippen LogP contribution < -0.4 is 0 Å². The molecule has 0 fully saturated rings. The van der Waals surface area contributed by atoms with Gasteiger partial charge in [-0.25, -0.2) is 9.59 Å². The van der Waals surface area contributed by atoms with Crippen LogP contribution in [-0.2, 0) is 30.2 Å². The summed E-state index contributed by atoms with van der Waals surface area (Å²) in [6.07, 6.45) is 2.49. The van der Waals surface area contributed by atoms with Gasteiger partial charge < -0.3 is 14.2 Å². The van der Waals surface area contributed by atoms with Gasteiger partial charge in [0.05, 0.1) is 21.3 Å². The maximum absolute atomic E-state index is 12.0. The quantitative estimate of drug-likeness (QED) is 0.368. The molecular weight excluding hydrogens is 272 g/mol. The Morgan fingerprint density at radius 1 is 1.00 bits per heavy atom. The van der Waals surface area contributed by atoms with Crippen molar-refractivity contribution in [3.05, 3.63) is 52.8 Å². The Labute approximate surface area is 122 Å². The van der Waals surface area contributed by atoms with E-state index in [1.807, 2.05) is 30.3 Å². The van der Waals surface area contributed by atoms with Crippen molar-refractivity contribution in [1.82, 2.24) is 0 Å². The molecule has 1 aromatic carbocycles. The zero-order chi connectivity index (χ0) is 15.4. The number of esters is 2. The highest BCUT2D eigenvalue weighted by atomic mass is 16.5. The summed E-state index contributed by atoms with van der Waals surface area (Å²) in [7, 11) is 3.93. The summed E-state index contributed by atoms with van der Waals surface area (Å²) in [6, 6.07) is 7.51. The first kappa shape index (κ1) is 14.8. The van der Waals surface area contributed by atoms with Gasteiger partial charge in [0.2, 0.25) is 0 Å². The molecule has 2 rings (SSSR count). The van der Waals surface area contributed by atoms with Crippen molar-refractivity contribution in [2.75, 3.05) is 21.3 Å². The van der Waals surface area contributed by atoms with Crippen molar-refractivity contribution in [2.45, 2.75) is 6.42 Å². The lowest BCUT2D eigenvalue weighted by molar-refractivity contribution is -0.143. The molecule has 0 heterocycles. The molecule has 5 heteroatoms. The summed E-state index contributed by atoms with van der Waals surface area (Å²) in [5.41, 5.74) is 2.00. The summed E-state index contributed by atoms with van der Waals surface area (Å²) in [4.78, 5) is 24.0. The fourth-order valence-electron chi connectivity index (χ4n) is 2.31. The van der Waals surface area contributed by atoms with Crippen LogP contribution in [0.2, 0.25) is 0 Å². The zero-order valence-electron chi connectivity index (χ0n) is 12.1. The highest BCUT2D eigenvalue weighted by molar-refractivity contribution is 6.21. The van der Waals surface area contributed by atoms with Crippen LogP contribution in [0.15, 0.2) is 41.7 Å². The third-order valence-corrected chi connectivity index (χ3v) is 3.29.